The third kappa shape index (κ3) is 3.17. The van der Waals surface area contributed by atoms with Crippen LogP contribution in [0, 0.1) is 25.7 Å². The van der Waals surface area contributed by atoms with Crippen molar-refractivity contribution in [2.75, 3.05) is 19.6 Å². The Labute approximate surface area is 129 Å². The van der Waals surface area contributed by atoms with Crippen molar-refractivity contribution >= 4 is 0 Å². The van der Waals surface area contributed by atoms with Crippen molar-refractivity contribution in [3.8, 4) is 0 Å². The summed E-state index contributed by atoms with van der Waals surface area (Å²) in [5.74, 6) is 1.92. The summed E-state index contributed by atoms with van der Waals surface area (Å²) < 4.78 is 0. The third-order valence-electron chi connectivity index (χ3n) is 5.77. The van der Waals surface area contributed by atoms with Gasteiger partial charge in [-0.3, -0.25) is 4.90 Å². The smallest absolute Gasteiger partial charge is 0.0473 e. The Morgan fingerprint density at radius 3 is 2.62 bits per heavy atom. The maximum Gasteiger partial charge on any atom is 0.0473 e. The number of benzene rings is 1. The molecule has 3 unspecified atom stereocenters. The SMILES string of the molecule is Cc1ccc(C(CN)N2CCC3CCCCC3C2)c(C)c1. The van der Waals surface area contributed by atoms with Crippen molar-refractivity contribution < 1.29 is 0 Å². The summed E-state index contributed by atoms with van der Waals surface area (Å²) >= 11 is 0. The highest BCUT2D eigenvalue weighted by Gasteiger charge is 2.34. The van der Waals surface area contributed by atoms with E-state index in [0.717, 1.165) is 18.4 Å². The van der Waals surface area contributed by atoms with Crippen molar-refractivity contribution in [3.05, 3.63) is 34.9 Å². The molecule has 1 aromatic rings. The van der Waals surface area contributed by atoms with Crippen molar-refractivity contribution in [1.82, 2.24) is 4.90 Å². The first-order valence-electron chi connectivity index (χ1n) is 8.70. The van der Waals surface area contributed by atoms with E-state index in [1.165, 1.54) is 61.9 Å². The van der Waals surface area contributed by atoms with E-state index in [0.29, 0.717) is 6.04 Å². The highest BCUT2D eigenvalue weighted by molar-refractivity contribution is 5.33. The second kappa shape index (κ2) is 6.50. The minimum atomic E-state index is 0.411. The van der Waals surface area contributed by atoms with Crippen LogP contribution in [0.1, 0.15) is 54.8 Å². The lowest BCUT2D eigenvalue weighted by atomic mass is 9.74. The van der Waals surface area contributed by atoms with E-state index in [1.807, 2.05) is 0 Å². The van der Waals surface area contributed by atoms with Gasteiger partial charge < -0.3 is 5.73 Å². The Morgan fingerprint density at radius 2 is 1.90 bits per heavy atom. The number of fused-ring (bicyclic) bond motifs is 1. The fourth-order valence-corrected chi connectivity index (χ4v) is 4.58. The maximum absolute atomic E-state index is 6.17. The Hall–Kier alpha value is -0.860. The fraction of sp³-hybridized carbons (Fsp3) is 0.684. The van der Waals surface area contributed by atoms with Gasteiger partial charge in [0, 0.05) is 19.1 Å². The lowest BCUT2D eigenvalue weighted by molar-refractivity contribution is 0.0584. The zero-order chi connectivity index (χ0) is 14.8. The minimum Gasteiger partial charge on any atom is -0.329 e. The number of piperidine rings is 1. The third-order valence-corrected chi connectivity index (χ3v) is 5.77. The molecule has 1 saturated heterocycles. The number of hydrogen-bond acceptors (Lipinski definition) is 2. The lowest BCUT2D eigenvalue weighted by Crippen LogP contribution is -2.45. The van der Waals surface area contributed by atoms with Gasteiger partial charge in [0.1, 0.15) is 0 Å². The van der Waals surface area contributed by atoms with Gasteiger partial charge in [0.2, 0.25) is 0 Å². The molecule has 2 aliphatic rings. The summed E-state index contributed by atoms with van der Waals surface area (Å²) in [6.07, 6.45) is 7.18. The molecular weight excluding hydrogens is 256 g/mol. The first-order valence-corrected chi connectivity index (χ1v) is 8.70. The highest BCUT2D eigenvalue weighted by atomic mass is 15.2. The summed E-state index contributed by atoms with van der Waals surface area (Å²) in [5.41, 5.74) is 10.4. The molecule has 2 N–H and O–H groups in total. The van der Waals surface area contributed by atoms with Gasteiger partial charge in [-0.25, -0.2) is 0 Å². The van der Waals surface area contributed by atoms with Gasteiger partial charge in [0.25, 0.3) is 0 Å². The van der Waals surface area contributed by atoms with Crippen molar-refractivity contribution in [1.29, 1.82) is 0 Å². The minimum absolute atomic E-state index is 0.411. The van der Waals surface area contributed by atoms with Crippen LogP contribution in [-0.4, -0.2) is 24.5 Å². The summed E-state index contributed by atoms with van der Waals surface area (Å²) in [5, 5.41) is 0. The van der Waals surface area contributed by atoms with Gasteiger partial charge in [-0.2, -0.15) is 0 Å². The highest BCUT2D eigenvalue weighted by Crippen LogP contribution is 2.38. The van der Waals surface area contributed by atoms with Crippen molar-refractivity contribution in [3.63, 3.8) is 0 Å². The molecule has 1 aliphatic heterocycles. The number of aryl methyl sites for hydroxylation is 2. The molecule has 3 rings (SSSR count). The Bertz CT molecular complexity index is 482. The van der Waals surface area contributed by atoms with E-state index in [9.17, 15) is 0 Å². The van der Waals surface area contributed by atoms with Crippen LogP contribution >= 0.6 is 0 Å². The topological polar surface area (TPSA) is 29.3 Å². The zero-order valence-electron chi connectivity index (χ0n) is 13.6. The molecule has 0 aromatic heterocycles. The molecule has 1 aliphatic carbocycles. The van der Waals surface area contributed by atoms with Crippen LogP contribution in [0.25, 0.3) is 0 Å². The Kier molecular flexibility index (Phi) is 4.66. The average Bonchev–Trinajstić information content (AvgIpc) is 2.50. The standard InChI is InChI=1S/C19H30N2/c1-14-7-8-18(15(2)11-14)19(12-20)21-10-9-16-5-3-4-6-17(16)13-21/h7-8,11,16-17,19H,3-6,9-10,12-13,20H2,1-2H3. The van der Waals surface area contributed by atoms with Crippen LogP contribution in [0.3, 0.4) is 0 Å². The normalized spacial score (nSPS) is 28.1. The number of rotatable bonds is 3. The van der Waals surface area contributed by atoms with Gasteiger partial charge >= 0.3 is 0 Å². The quantitative estimate of drug-likeness (QED) is 0.915. The molecule has 2 heteroatoms. The number of nitrogens with zero attached hydrogens (tertiary/aromatic N) is 1. The van der Waals surface area contributed by atoms with Crippen LogP contribution in [-0.2, 0) is 0 Å². The molecule has 2 nitrogen and oxygen atoms in total. The summed E-state index contributed by atoms with van der Waals surface area (Å²) in [7, 11) is 0. The fourth-order valence-electron chi connectivity index (χ4n) is 4.58. The molecule has 1 saturated carbocycles. The summed E-state index contributed by atoms with van der Waals surface area (Å²) in [4.78, 5) is 2.67. The molecule has 21 heavy (non-hydrogen) atoms. The first kappa shape index (κ1) is 15.1. The lowest BCUT2D eigenvalue weighted by Gasteiger charge is -2.44. The number of hydrogen-bond donors (Lipinski definition) is 1. The van der Waals surface area contributed by atoms with Gasteiger partial charge in [-0.1, -0.05) is 43.0 Å². The Balaban J connectivity index is 1.77. The monoisotopic (exact) mass is 286 g/mol. The van der Waals surface area contributed by atoms with Crippen molar-refractivity contribution in [2.24, 2.45) is 17.6 Å². The van der Waals surface area contributed by atoms with Crippen molar-refractivity contribution in [2.45, 2.75) is 52.0 Å². The molecule has 0 spiro atoms. The number of nitrogens with two attached hydrogens (primary N) is 1. The second-order valence-electron chi connectivity index (χ2n) is 7.20. The second-order valence-corrected chi connectivity index (χ2v) is 7.20. The Morgan fingerprint density at radius 1 is 1.14 bits per heavy atom. The van der Waals surface area contributed by atoms with Gasteiger partial charge in [-0.15, -0.1) is 0 Å². The zero-order valence-corrected chi connectivity index (χ0v) is 13.6. The van der Waals surface area contributed by atoms with E-state index in [4.69, 9.17) is 5.73 Å². The van der Waals surface area contributed by atoms with Gasteiger partial charge in [0.05, 0.1) is 0 Å². The van der Waals surface area contributed by atoms with E-state index >= 15 is 0 Å². The summed E-state index contributed by atoms with van der Waals surface area (Å²) in [6.45, 7) is 7.64. The molecule has 3 atom stereocenters. The average molecular weight is 286 g/mol. The number of likely N-dealkylation sites (tertiary alicyclic amines) is 1. The van der Waals surface area contributed by atoms with E-state index in [1.54, 1.807) is 0 Å². The molecule has 1 heterocycles. The van der Waals surface area contributed by atoms with Gasteiger partial charge in [0.15, 0.2) is 0 Å². The molecule has 116 valence electrons. The van der Waals surface area contributed by atoms with E-state index in [2.05, 4.69) is 36.9 Å². The largest absolute Gasteiger partial charge is 0.329 e. The van der Waals surface area contributed by atoms with Crippen LogP contribution in [0.2, 0.25) is 0 Å². The molecule has 0 radical (unpaired) electrons. The predicted octanol–water partition coefficient (Wildman–Crippen LogP) is 3.82. The molecule has 1 aromatic carbocycles. The molecule has 0 amide bonds. The first-order chi connectivity index (χ1) is 10.2. The summed E-state index contributed by atoms with van der Waals surface area (Å²) in [6, 6.07) is 7.24. The molecule has 0 bridgehead atoms. The predicted molar refractivity (Wildman–Crippen MR) is 89.3 cm³/mol. The van der Waals surface area contributed by atoms with Crippen LogP contribution in [0.4, 0.5) is 0 Å². The molecule has 2 fully saturated rings. The van der Waals surface area contributed by atoms with Gasteiger partial charge in [-0.05, 0) is 56.2 Å². The maximum atomic E-state index is 6.17. The van der Waals surface area contributed by atoms with E-state index < -0.39 is 0 Å². The van der Waals surface area contributed by atoms with Crippen LogP contribution in [0.5, 0.6) is 0 Å². The molecular formula is C19H30N2. The van der Waals surface area contributed by atoms with E-state index in [-0.39, 0.29) is 0 Å². The van der Waals surface area contributed by atoms with Crippen LogP contribution < -0.4 is 5.73 Å². The van der Waals surface area contributed by atoms with Crippen LogP contribution in [0.15, 0.2) is 18.2 Å².